The summed E-state index contributed by atoms with van der Waals surface area (Å²) >= 11 is 0. The summed E-state index contributed by atoms with van der Waals surface area (Å²) in [7, 11) is 1.36. The zero-order chi connectivity index (χ0) is 11.5. The molecule has 1 rings (SSSR count). The van der Waals surface area contributed by atoms with Crippen molar-refractivity contribution in [2.24, 2.45) is 0 Å². The number of amides is 1. The first-order chi connectivity index (χ1) is 6.95. The zero-order valence-corrected chi connectivity index (χ0v) is 9.63. The highest BCUT2D eigenvalue weighted by molar-refractivity contribution is 5.85. The zero-order valence-electron chi connectivity index (χ0n) is 9.63. The monoisotopic (exact) mass is 207 g/mol. The van der Waals surface area contributed by atoms with E-state index in [-0.39, 0.29) is 5.41 Å². The number of carbonyl (C=O) groups excluding carboxylic acids is 1. The number of nitrogens with one attached hydrogen (secondary N) is 1. The first-order valence-electron chi connectivity index (χ1n) is 4.89. The van der Waals surface area contributed by atoms with Crippen LogP contribution in [-0.4, -0.2) is 13.2 Å². The van der Waals surface area contributed by atoms with Gasteiger partial charge in [0.2, 0.25) is 0 Å². The van der Waals surface area contributed by atoms with E-state index in [1.165, 1.54) is 7.11 Å². The normalized spacial score (nSPS) is 10.9. The van der Waals surface area contributed by atoms with Gasteiger partial charge in [-0.3, -0.25) is 5.32 Å². The van der Waals surface area contributed by atoms with Crippen molar-refractivity contribution in [2.75, 3.05) is 12.4 Å². The van der Waals surface area contributed by atoms with E-state index in [2.05, 4.69) is 30.8 Å². The third-order valence-electron chi connectivity index (χ3n) is 2.16. The van der Waals surface area contributed by atoms with E-state index in [9.17, 15) is 4.79 Å². The molecular formula is C12H17NO2. The standard InChI is InChI=1S/C12H17NO2/c1-12(2,3)9-7-5-6-8-10(9)13-11(14)15-4/h5-8H,1-4H3,(H,13,14). The van der Waals surface area contributed by atoms with Gasteiger partial charge in [0.05, 0.1) is 7.11 Å². The molecule has 0 spiro atoms. The Morgan fingerprint density at radius 1 is 1.27 bits per heavy atom. The molecule has 1 aromatic rings. The Balaban J connectivity index is 3.02. The number of ether oxygens (including phenoxy) is 1. The summed E-state index contributed by atoms with van der Waals surface area (Å²) in [6.45, 7) is 6.31. The van der Waals surface area contributed by atoms with Crippen molar-refractivity contribution >= 4 is 11.8 Å². The molecule has 0 saturated heterocycles. The second-order valence-electron chi connectivity index (χ2n) is 4.41. The van der Waals surface area contributed by atoms with Crippen LogP contribution in [0.3, 0.4) is 0 Å². The molecule has 0 aliphatic rings. The molecule has 0 fully saturated rings. The Morgan fingerprint density at radius 2 is 1.87 bits per heavy atom. The van der Waals surface area contributed by atoms with Crippen LogP contribution >= 0.6 is 0 Å². The van der Waals surface area contributed by atoms with Crippen LogP contribution in [0.1, 0.15) is 26.3 Å². The summed E-state index contributed by atoms with van der Waals surface area (Å²) in [5.41, 5.74) is 1.89. The van der Waals surface area contributed by atoms with E-state index in [1.807, 2.05) is 24.3 Å². The third-order valence-corrected chi connectivity index (χ3v) is 2.16. The highest BCUT2D eigenvalue weighted by atomic mass is 16.5. The van der Waals surface area contributed by atoms with Gasteiger partial charge in [-0.15, -0.1) is 0 Å². The van der Waals surface area contributed by atoms with Crippen molar-refractivity contribution in [1.29, 1.82) is 0 Å². The van der Waals surface area contributed by atoms with Gasteiger partial charge in [-0.1, -0.05) is 39.0 Å². The van der Waals surface area contributed by atoms with Gasteiger partial charge in [0.25, 0.3) is 0 Å². The van der Waals surface area contributed by atoms with Crippen LogP contribution in [0.2, 0.25) is 0 Å². The van der Waals surface area contributed by atoms with E-state index >= 15 is 0 Å². The van der Waals surface area contributed by atoms with Crippen LogP contribution in [0, 0.1) is 0 Å². The maximum Gasteiger partial charge on any atom is 0.411 e. The first kappa shape index (κ1) is 11.6. The van der Waals surface area contributed by atoms with Crippen LogP contribution in [0.15, 0.2) is 24.3 Å². The molecule has 0 saturated carbocycles. The van der Waals surface area contributed by atoms with Crippen LogP contribution in [0.25, 0.3) is 0 Å². The smallest absolute Gasteiger partial charge is 0.411 e. The lowest BCUT2D eigenvalue weighted by atomic mass is 9.86. The molecule has 1 N–H and O–H groups in total. The summed E-state index contributed by atoms with van der Waals surface area (Å²) in [5.74, 6) is 0. The fourth-order valence-corrected chi connectivity index (χ4v) is 1.41. The Hall–Kier alpha value is -1.51. The highest BCUT2D eigenvalue weighted by Crippen LogP contribution is 2.29. The summed E-state index contributed by atoms with van der Waals surface area (Å²) in [6.07, 6.45) is -0.438. The fourth-order valence-electron chi connectivity index (χ4n) is 1.41. The number of rotatable bonds is 1. The van der Waals surface area contributed by atoms with Crippen LogP contribution in [-0.2, 0) is 10.2 Å². The number of para-hydroxylation sites is 1. The van der Waals surface area contributed by atoms with Gasteiger partial charge in [0.15, 0.2) is 0 Å². The number of carbonyl (C=O) groups is 1. The molecule has 0 aromatic heterocycles. The largest absolute Gasteiger partial charge is 0.453 e. The van der Waals surface area contributed by atoms with Crippen LogP contribution < -0.4 is 5.32 Å². The molecule has 15 heavy (non-hydrogen) atoms. The van der Waals surface area contributed by atoms with Gasteiger partial charge in [-0.25, -0.2) is 4.79 Å². The molecule has 0 bridgehead atoms. The molecule has 3 heteroatoms. The van der Waals surface area contributed by atoms with Gasteiger partial charge in [-0.05, 0) is 17.0 Å². The van der Waals surface area contributed by atoms with Gasteiger partial charge in [0, 0.05) is 5.69 Å². The maximum absolute atomic E-state index is 11.1. The predicted octanol–water partition coefficient (Wildman–Crippen LogP) is 3.16. The average Bonchev–Trinajstić information content (AvgIpc) is 2.17. The molecule has 1 aromatic carbocycles. The van der Waals surface area contributed by atoms with Gasteiger partial charge in [-0.2, -0.15) is 0 Å². The predicted molar refractivity (Wildman–Crippen MR) is 61.2 cm³/mol. The number of methoxy groups -OCH3 is 1. The molecule has 3 nitrogen and oxygen atoms in total. The Morgan fingerprint density at radius 3 is 2.40 bits per heavy atom. The van der Waals surface area contributed by atoms with E-state index in [4.69, 9.17) is 0 Å². The molecule has 0 unspecified atom stereocenters. The lowest BCUT2D eigenvalue weighted by molar-refractivity contribution is 0.187. The van der Waals surface area contributed by atoms with E-state index in [0.717, 1.165) is 11.3 Å². The second-order valence-corrected chi connectivity index (χ2v) is 4.41. The minimum atomic E-state index is -0.438. The van der Waals surface area contributed by atoms with Gasteiger partial charge >= 0.3 is 6.09 Å². The Bertz CT molecular complexity index is 353. The van der Waals surface area contributed by atoms with Crippen molar-refractivity contribution in [3.05, 3.63) is 29.8 Å². The quantitative estimate of drug-likeness (QED) is 0.768. The SMILES string of the molecule is COC(=O)Nc1ccccc1C(C)(C)C. The lowest BCUT2D eigenvalue weighted by Crippen LogP contribution is -2.18. The summed E-state index contributed by atoms with van der Waals surface area (Å²) in [5, 5.41) is 2.71. The van der Waals surface area contributed by atoms with Gasteiger partial charge in [0.1, 0.15) is 0 Å². The lowest BCUT2D eigenvalue weighted by Gasteiger charge is -2.22. The topological polar surface area (TPSA) is 38.3 Å². The fraction of sp³-hybridized carbons (Fsp3) is 0.417. The van der Waals surface area contributed by atoms with Crippen molar-refractivity contribution in [1.82, 2.24) is 0 Å². The molecule has 0 radical (unpaired) electrons. The number of hydrogen-bond acceptors (Lipinski definition) is 2. The highest BCUT2D eigenvalue weighted by Gasteiger charge is 2.18. The number of hydrogen-bond donors (Lipinski definition) is 1. The summed E-state index contributed by atoms with van der Waals surface area (Å²) < 4.78 is 4.57. The first-order valence-corrected chi connectivity index (χ1v) is 4.89. The molecule has 0 heterocycles. The van der Waals surface area contributed by atoms with Crippen LogP contribution in [0.5, 0.6) is 0 Å². The summed E-state index contributed by atoms with van der Waals surface area (Å²) in [4.78, 5) is 11.1. The van der Waals surface area contributed by atoms with E-state index in [1.54, 1.807) is 0 Å². The minimum absolute atomic E-state index is 0.00237. The van der Waals surface area contributed by atoms with Crippen molar-refractivity contribution in [2.45, 2.75) is 26.2 Å². The molecular weight excluding hydrogens is 190 g/mol. The molecule has 0 aliphatic heterocycles. The van der Waals surface area contributed by atoms with E-state index < -0.39 is 6.09 Å². The second kappa shape index (κ2) is 4.34. The number of benzene rings is 1. The van der Waals surface area contributed by atoms with E-state index in [0.29, 0.717) is 0 Å². The molecule has 1 amide bonds. The Kier molecular flexibility index (Phi) is 3.35. The number of anilines is 1. The third kappa shape index (κ3) is 2.98. The Labute approximate surface area is 90.4 Å². The van der Waals surface area contributed by atoms with Crippen LogP contribution in [0.4, 0.5) is 10.5 Å². The summed E-state index contributed by atoms with van der Waals surface area (Å²) in [6, 6.07) is 7.73. The maximum atomic E-state index is 11.1. The average molecular weight is 207 g/mol. The molecule has 82 valence electrons. The van der Waals surface area contributed by atoms with Crippen molar-refractivity contribution in [3.63, 3.8) is 0 Å². The van der Waals surface area contributed by atoms with Crippen molar-refractivity contribution in [3.8, 4) is 0 Å². The van der Waals surface area contributed by atoms with Gasteiger partial charge < -0.3 is 4.74 Å². The molecule has 0 atom stereocenters. The van der Waals surface area contributed by atoms with Crippen molar-refractivity contribution < 1.29 is 9.53 Å². The minimum Gasteiger partial charge on any atom is -0.453 e. The molecule has 0 aliphatic carbocycles.